The highest BCUT2D eigenvalue weighted by Gasteiger charge is 2.30. The zero-order valence-corrected chi connectivity index (χ0v) is 19.5. The van der Waals surface area contributed by atoms with Gasteiger partial charge in [-0.05, 0) is 44.0 Å². The van der Waals surface area contributed by atoms with Gasteiger partial charge in [0.1, 0.15) is 17.2 Å². The average molecular weight is 493 g/mol. The van der Waals surface area contributed by atoms with Gasteiger partial charge in [0.05, 0.1) is 11.3 Å². The molecule has 3 N–H and O–H groups in total. The van der Waals surface area contributed by atoms with Crippen LogP contribution in [0.2, 0.25) is 0 Å². The summed E-state index contributed by atoms with van der Waals surface area (Å²) >= 11 is 1.04. The summed E-state index contributed by atoms with van der Waals surface area (Å²) in [5, 5.41) is 8.73. The molecule has 0 atom stereocenters. The van der Waals surface area contributed by atoms with Crippen LogP contribution in [0.25, 0.3) is 17.1 Å². The number of hydrogen-bond donors (Lipinski definition) is 2. The van der Waals surface area contributed by atoms with Gasteiger partial charge in [0, 0.05) is 11.7 Å². The summed E-state index contributed by atoms with van der Waals surface area (Å²) in [4.78, 5) is 39.8. The van der Waals surface area contributed by atoms with Crippen molar-refractivity contribution in [3.8, 4) is 17.1 Å². The van der Waals surface area contributed by atoms with Gasteiger partial charge >= 0.3 is 5.69 Å². The number of nitrogens with two attached hydrogens (primary N) is 1. The van der Waals surface area contributed by atoms with Crippen LogP contribution >= 0.6 is 11.8 Å². The number of carbonyl (C=O) groups is 1. The van der Waals surface area contributed by atoms with E-state index in [0.29, 0.717) is 10.8 Å². The molecule has 0 saturated heterocycles. The number of nitrogens with one attached hydrogen (secondary N) is 1. The number of carbonyl (C=O) groups excluding carboxylic acids is 1. The third kappa shape index (κ3) is 4.30. The first kappa shape index (κ1) is 22.8. The summed E-state index contributed by atoms with van der Waals surface area (Å²) in [7, 11) is 0. The van der Waals surface area contributed by atoms with Crippen molar-refractivity contribution in [2.75, 3.05) is 11.5 Å². The van der Waals surface area contributed by atoms with Crippen LogP contribution in [0.15, 0.2) is 63.3 Å². The van der Waals surface area contributed by atoms with E-state index in [9.17, 15) is 18.8 Å². The summed E-state index contributed by atoms with van der Waals surface area (Å²) in [6, 6.07) is 13.6. The number of H-pyrrole nitrogens is 1. The minimum Gasteiger partial charge on any atom is -0.384 e. The summed E-state index contributed by atoms with van der Waals surface area (Å²) < 4.78 is 17.5. The highest BCUT2D eigenvalue weighted by atomic mass is 32.2. The number of aromatic amines is 1. The molecule has 11 heteroatoms. The molecule has 1 fully saturated rings. The fourth-order valence-corrected chi connectivity index (χ4v) is 4.66. The fourth-order valence-electron chi connectivity index (χ4n) is 3.84. The summed E-state index contributed by atoms with van der Waals surface area (Å²) in [6.07, 6.45) is 1.52. The Morgan fingerprint density at radius 2 is 1.86 bits per heavy atom. The zero-order valence-electron chi connectivity index (χ0n) is 18.7. The van der Waals surface area contributed by atoms with Gasteiger partial charge < -0.3 is 5.73 Å². The van der Waals surface area contributed by atoms with Crippen LogP contribution in [0.4, 0.5) is 10.2 Å². The topological polar surface area (TPSA) is 129 Å². The van der Waals surface area contributed by atoms with Gasteiger partial charge in [-0.3, -0.25) is 23.7 Å². The van der Waals surface area contributed by atoms with Gasteiger partial charge in [-0.1, -0.05) is 41.6 Å². The highest BCUT2D eigenvalue weighted by Crippen LogP contribution is 2.35. The molecule has 0 radical (unpaired) electrons. The van der Waals surface area contributed by atoms with Gasteiger partial charge in [0.2, 0.25) is 0 Å². The maximum Gasteiger partial charge on any atom is 0.330 e. The lowest BCUT2D eigenvalue weighted by Crippen LogP contribution is -2.36. The van der Waals surface area contributed by atoms with Crippen molar-refractivity contribution < 1.29 is 9.18 Å². The molecule has 178 valence electrons. The van der Waals surface area contributed by atoms with Crippen molar-refractivity contribution in [3.05, 3.63) is 86.3 Å². The monoisotopic (exact) mass is 492 g/mol. The lowest BCUT2D eigenvalue weighted by atomic mass is 10.2. The number of rotatable bonds is 7. The Morgan fingerprint density at radius 3 is 2.54 bits per heavy atom. The Labute approximate surface area is 202 Å². The number of halogens is 1. The van der Waals surface area contributed by atoms with Crippen LogP contribution in [0.1, 0.15) is 34.8 Å². The predicted molar refractivity (Wildman–Crippen MR) is 131 cm³/mol. The van der Waals surface area contributed by atoms with Crippen molar-refractivity contribution in [1.29, 1.82) is 0 Å². The van der Waals surface area contributed by atoms with E-state index in [4.69, 9.17) is 5.73 Å². The van der Waals surface area contributed by atoms with Crippen molar-refractivity contribution in [2.24, 2.45) is 0 Å². The Hall–Kier alpha value is -3.99. The third-order valence-corrected chi connectivity index (χ3v) is 6.67. The molecule has 0 bridgehead atoms. The molecule has 2 aromatic heterocycles. The molecule has 1 aliphatic rings. The van der Waals surface area contributed by atoms with Gasteiger partial charge in [-0.15, -0.1) is 10.2 Å². The molecule has 0 amide bonds. The second-order valence-corrected chi connectivity index (χ2v) is 9.23. The molecule has 2 heterocycles. The first-order valence-corrected chi connectivity index (χ1v) is 11.9. The van der Waals surface area contributed by atoms with E-state index in [0.717, 1.165) is 30.2 Å². The lowest BCUT2D eigenvalue weighted by Gasteiger charge is -2.12. The first-order valence-electron chi connectivity index (χ1n) is 10.9. The molecular weight excluding hydrogens is 471 g/mol. The normalized spacial score (nSPS) is 13.2. The average Bonchev–Trinajstić information content (AvgIpc) is 3.56. The van der Waals surface area contributed by atoms with Crippen molar-refractivity contribution >= 4 is 23.4 Å². The largest absolute Gasteiger partial charge is 0.384 e. The summed E-state index contributed by atoms with van der Waals surface area (Å²) in [6.45, 7) is 1.95. The Kier molecular flexibility index (Phi) is 5.85. The minimum atomic E-state index is -0.818. The van der Waals surface area contributed by atoms with Crippen LogP contribution < -0.4 is 17.0 Å². The van der Waals surface area contributed by atoms with Gasteiger partial charge in [0.15, 0.2) is 16.8 Å². The van der Waals surface area contributed by atoms with E-state index in [1.165, 1.54) is 10.6 Å². The first-order chi connectivity index (χ1) is 16.8. The molecule has 9 nitrogen and oxygen atoms in total. The van der Waals surface area contributed by atoms with Crippen molar-refractivity contribution in [1.82, 2.24) is 24.3 Å². The quantitative estimate of drug-likeness (QED) is 0.300. The number of hydrogen-bond acceptors (Lipinski definition) is 7. The second kappa shape index (κ2) is 8.99. The van der Waals surface area contributed by atoms with Gasteiger partial charge in [-0.25, -0.2) is 9.18 Å². The van der Waals surface area contributed by atoms with E-state index in [-0.39, 0.29) is 34.6 Å². The molecule has 2 aromatic carbocycles. The molecular formula is C24H21FN6O3S. The van der Waals surface area contributed by atoms with E-state index in [1.807, 2.05) is 31.2 Å². The molecule has 0 unspecified atom stereocenters. The number of anilines is 1. The fraction of sp³-hybridized carbons (Fsp3) is 0.208. The third-order valence-electron chi connectivity index (χ3n) is 5.75. The highest BCUT2D eigenvalue weighted by molar-refractivity contribution is 7.99. The van der Waals surface area contributed by atoms with E-state index < -0.39 is 22.8 Å². The van der Waals surface area contributed by atoms with E-state index >= 15 is 0 Å². The Bertz CT molecular complexity index is 1550. The van der Waals surface area contributed by atoms with Crippen LogP contribution in [0, 0.1) is 12.7 Å². The maximum atomic E-state index is 14.6. The standard InChI is InChI=1S/C24H21FN6O3S/c1-13-6-8-15(9-7-13)31-21(16-4-2-3-5-17(16)25)28-29-24(31)35-12-18(32)19-20(26)30(14-10-11-14)23(34)27-22(19)33/h2-9,14H,10-12,26H2,1H3,(H,27,33,34). The number of Topliss-reactive ketones (excluding diaryl/α,β-unsaturated/α-hetero) is 1. The Balaban J connectivity index is 1.51. The van der Waals surface area contributed by atoms with Crippen LogP contribution in [-0.2, 0) is 0 Å². The van der Waals surface area contributed by atoms with Gasteiger partial charge in [-0.2, -0.15) is 0 Å². The Morgan fingerprint density at radius 1 is 1.14 bits per heavy atom. The lowest BCUT2D eigenvalue weighted by molar-refractivity contribution is 0.102. The van der Waals surface area contributed by atoms with Crippen LogP contribution in [-0.4, -0.2) is 35.9 Å². The number of nitrogen functional groups attached to an aromatic ring is 1. The smallest absolute Gasteiger partial charge is 0.330 e. The zero-order chi connectivity index (χ0) is 24.7. The number of thioether (sulfide) groups is 1. The summed E-state index contributed by atoms with van der Waals surface area (Å²) in [5.41, 5.74) is 6.37. The van der Waals surface area contributed by atoms with Crippen LogP contribution in [0.3, 0.4) is 0 Å². The number of aryl methyl sites for hydroxylation is 1. The molecule has 1 aliphatic carbocycles. The van der Waals surface area contributed by atoms with Crippen LogP contribution in [0.5, 0.6) is 0 Å². The van der Waals surface area contributed by atoms with Crippen molar-refractivity contribution in [3.63, 3.8) is 0 Å². The summed E-state index contributed by atoms with van der Waals surface area (Å²) in [5.74, 6) is -1.03. The van der Waals surface area contributed by atoms with E-state index in [1.54, 1.807) is 22.8 Å². The second-order valence-electron chi connectivity index (χ2n) is 8.29. The number of nitrogens with zero attached hydrogens (tertiary/aromatic N) is 4. The number of aromatic nitrogens is 5. The number of benzene rings is 2. The SMILES string of the molecule is Cc1ccc(-n2c(SCC(=O)c3c(N)n(C4CC4)c(=O)[nH]c3=O)nnc2-c2ccccc2F)cc1. The molecule has 1 saturated carbocycles. The minimum absolute atomic E-state index is 0.105. The number of ketones is 1. The van der Waals surface area contributed by atoms with Crippen molar-refractivity contribution in [2.45, 2.75) is 31.0 Å². The molecule has 0 aliphatic heterocycles. The molecule has 0 spiro atoms. The molecule has 5 rings (SSSR count). The predicted octanol–water partition coefficient (Wildman–Crippen LogP) is 3.12. The molecule has 4 aromatic rings. The maximum absolute atomic E-state index is 14.6. The van der Waals surface area contributed by atoms with E-state index in [2.05, 4.69) is 15.2 Å². The molecule has 35 heavy (non-hydrogen) atoms. The van der Waals surface area contributed by atoms with Gasteiger partial charge in [0.25, 0.3) is 5.56 Å².